The highest BCUT2D eigenvalue weighted by Crippen LogP contribution is 2.42. The van der Waals surface area contributed by atoms with E-state index in [2.05, 4.69) is 11.4 Å². The third kappa shape index (κ3) is 4.62. The van der Waals surface area contributed by atoms with Gasteiger partial charge in [-0.15, -0.1) is 0 Å². The molecule has 0 bridgehead atoms. The lowest BCUT2D eigenvalue weighted by molar-refractivity contribution is 0.102. The number of amides is 1. The molecule has 1 fully saturated rings. The SMILES string of the molecule is CN(C)c1ccc(C2CC2)c(C(=O)Nc2ccc(-c3ccccc3S(N)(=O)=O)cc2)c1. The smallest absolute Gasteiger partial charge is 0.256 e. The molecule has 1 saturated carbocycles. The van der Waals surface area contributed by atoms with Crippen LogP contribution in [0.1, 0.15) is 34.7 Å². The van der Waals surface area contributed by atoms with Crippen molar-refractivity contribution in [1.29, 1.82) is 0 Å². The molecule has 3 N–H and O–H groups in total. The van der Waals surface area contributed by atoms with Gasteiger partial charge in [-0.3, -0.25) is 4.79 Å². The van der Waals surface area contributed by atoms with Crippen LogP contribution < -0.4 is 15.4 Å². The summed E-state index contributed by atoms with van der Waals surface area (Å²) in [5.41, 5.74) is 4.62. The molecule has 3 aromatic rings. The predicted octanol–water partition coefficient (Wildman–Crippen LogP) is 4.20. The number of carbonyl (C=O) groups is 1. The molecule has 4 rings (SSSR count). The summed E-state index contributed by atoms with van der Waals surface area (Å²) < 4.78 is 23.8. The minimum absolute atomic E-state index is 0.0707. The fourth-order valence-electron chi connectivity index (χ4n) is 3.65. The third-order valence-corrected chi connectivity index (χ3v) is 6.43. The van der Waals surface area contributed by atoms with Gasteiger partial charge in [-0.1, -0.05) is 36.4 Å². The lowest BCUT2D eigenvalue weighted by atomic mass is 10.0. The van der Waals surface area contributed by atoms with Crippen molar-refractivity contribution in [2.75, 3.05) is 24.3 Å². The van der Waals surface area contributed by atoms with E-state index in [0.717, 1.165) is 24.1 Å². The van der Waals surface area contributed by atoms with Gasteiger partial charge in [-0.2, -0.15) is 0 Å². The number of carbonyl (C=O) groups excluding carboxylic acids is 1. The second kappa shape index (κ2) is 8.17. The summed E-state index contributed by atoms with van der Waals surface area (Å²) in [5, 5.41) is 8.31. The number of hydrogen-bond donors (Lipinski definition) is 2. The van der Waals surface area contributed by atoms with Crippen molar-refractivity contribution in [2.24, 2.45) is 5.14 Å². The van der Waals surface area contributed by atoms with Crippen LogP contribution in [0.25, 0.3) is 11.1 Å². The fraction of sp³-hybridized carbons (Fsp3) is 0.208. The van der Waals surface area contributed by atoms with Gasteiger partial charge in [0.15, 0.2) is 0 Å². The number of anilines is 2. The van der Waals surface area contributed by atoms with Crippen molar-refractivity contribution in [2.45, 2.75) is 23.7 Å². The standard InChI is InChI=1S/C24H25N3O3S/c1-27(2)19-13-14-20(16-7-8-16)22(15-19)24(28)26-18-11-9-17(10-12-18)21-5-3-4-6-23(21)31(25,29)30/h3-6,9-16H,7-8H2,1-2H3,(H,26,28)(H2,25,29,30). The molecule has 6 nitrogen and oxygen atoms in total. The van der Waals surface area contributed by atoms with Crippen molar-refractivity contribution in [3.63, 3.8) is 0 Å². The maximum absolute atomic E-state index is 13.1. The number of rotatable bonds is 6. The summed E-state index contributed by atoms with van der Waals surface area (Å²) in [4.78, 5) is 15.1. The van der Waals surface area contributed by atoms with Crippen molar-refractivity contribution in [3.8, 4) is 11.1 Å². The molecule has 0 aliphatic heterocycles. The molecular formula is C24H25N3O3S. The van der Waals surface area contributed by atoms with Gasteiger partial charge in [-0.25, -0.2) is 13.6 Å². The number of nitrogens with two attached hydrogens (primary N) is 1. The second-order valence-corrected chi connectivity index (χ2v) is 9.54. The van der Waals surface area contributed by atoms with Crippen LogP contribution >= 0.6 is 0 Å². The van der Waals surface area contributed by atoms with Gasteiger partial charge in [0.2, 0.25) is 10.0 Å². The van der Waals surface area contributed by atoms with Crippen LogP contribution in [-0.2, 0) is 10.0 Å². The van der Waals surface area contributed by atoms with E-state index >= 15 is 0 Å². The number of primary sulfonamides is 1. The van der Waals surface area contributed by atoms with Crippen molar-refractivity contribution in [1.82, 2.24) is 0 Å². The largest absolute Gasteiger partial charge is 0.378 e. The van der Waals surface area contributed by atoms with Crippen LogP contribution in [-0.4, -0.2) is 28.4 Å². The number of nitrogens with one attached hydrogen (secondary N) is 1. The third-order valence-electron chi connectivity index (χ3n) is 5.46. The average molecular weight is 436 g/mol. The number of nitrogens with zero attached hydrogens (tertiary/aromatic N) is 1. The van der Waals surface area contributed by atoms with Crippen molar-refractivity contribution >= 4 is 27.3 Å². The van der Waals surface area contributed by atoms with Crippen LogP contribution in [0.15, 0.2) is 71.6 Å². The molecule has 0 saturated heterocycles. The number of sulfonamides is 1. The van der Waals surface area contributed by atoms with E-state index in [1.54, 1.807) is 42.5 Å². The maximum atomic E-state index is 13.1. The van der Waals surface area contributed by atoms with E-state index in [1.165, 1.54) is 6.07 Å². The first-order valence-corrected chi connectivity index (χ1v) is 11.6. The zero-order valence-corrected chi connectivity index (χ0v) is 18.3. The predicted molar refractivity (Wildman–Crippen MR) is 124 cm³/mol. The summed E-state index contributed by atoms with van der Waals surface area (Å²) in [6.07, 6.45) is 2.22. The summed E-state index contributed by atoms with van der Waals surface area (Å²) >= 11 is 0. The summed E-state index contributed by atoms with van der Waals surface area (Å²) in [6.45, 7) is 0. The molecule has 3 aromatic carbocycles. The minimum atomic E-state index is -3.84. The molecule has 0 spiro atoms. The highest BCUT2D eigenvalue weighted by molar-refractivity contribution is 7.89. The number of benzene rings is 3. The van der Waals surface area contributed by atoms with Crippen LogP contribution in [0.4, 0.5) is 11.4 Å². The van der Waals surface area contributed by atoms with Crippen LogP contribution in [0.3, 0.4) is 0 Å². The van der Waals surface area contributed by atoms with Gasteiger partial charge in [0, 0.05) is 36.6 Å². The molecule has 160 valence electrons. The first-order chi connectivity index (χ1) is 14.7. The van der Waals surface area contributed by atoms with Gasteiger partial charge in [0.25, 0.3) is 5.91 Å². The zero-order valence-electron chi connectivity index (χ0n) is 17.5. The molecular weight excluding hydrogens is 410 g/mol. The Hall–Kier alpha value is -3.16. The van der Waals surface area contributed by atoms with Gasteiger partial charge < -0.3 is 10.2 Å². The van der Waals surface area contributed by atoms with E-state index < -0.39 is 10.0 Å². The van der Waals surface area contributed by atoms with E-state index in [9.17, 15) is 13.2 Å². The Balaban J connectivity index is 1.60. The topological polar surface area (TPSA) is 92.5 Å². The normalized spacial score (nSPS) is 13.6. The molecule has 1 aliphatic rings. The van der Waals surface area contributed by atoms with Crippen molar-refractivity contribution in [3.05, 3.63) is 77.9 Å². The number of hydrogen-bond acceptors (Lipinski definition) is 4. The molecule has 0 aromatic heterocycles. The van der Waals surface area contributed by atoms with E-state index in [4.69, 9.17) is 5.14 Å². The summed E-state index contributed by atoms with van der Waals surface area (Å²) in [7, 11) is 0.0619. The van der Waals surface area contributed by atoms with E-state index in [1.807, 2.05) is 31.1 Å². The van der Waals surface area contributed by atoms with Crippen molar-refractivity contribution < 1.29 is 13.2 Å². The first kappa shape index (κ1) is 21.1. The molecule has 0 radical (unpaired) electrons. The monoisotopic (exact) mass is 435 g/mol. The Morgan fingerprint density at radius 2 is 1.68 bits per heavy atom. The molecule has 0 unspecified atom stereocenters. The van der Waals surface area contributed by atoms with Crippen LogP contribution in [0, 0.1) is 0 Å². The highest BCUT2D eigenvalue weighted by Gasteiger charge is 2.28. The maximum Gasteiger partial charge on any atom is 0.256 e. The van der Waals surface area contributed by atoms with Gasteiger partial charge >= 0.3 is 0 Å². The summed E-state index contributed by atoms with van der Waals surface area (Å²) in [5.74, 6) is 0.303. The molecule has 0 atom stereocenters. The van der Waals surface area contributed by atoms with Crippen LogP contribution in [0.5, 0.6) is 0 Å². The quantitative estimate of drug-likeness (QED) is 0.607. The zero-order chi connectivity index (χ0) is 22.2. The van der Waals surface area contributed by atoms with E-state index in [-0.39, 0.29) is 10.8 Å². The van der Waals surface area contributed by atoms with Gasteiger partial charge in [0.1, 0.15) is 0 Å². The Morgan fingerprint density at radius 1 is 1.00 bits per heavy atom. The molecule has 31 heavy (non-hydrogen) atoms. The van der Waals surface area contributed by atoms with E-state index in [0.29, 0.717) is 28.3 Å². The summed E-state index contributed by atoms with van der Waals surface area (Å²) in [6, 6.07) is 19.7. The molecule has 7 heteroatoms. The van der Waals surface area contributed by atoms with Gasteiger partial charge in [0.05, 0.1) is 4.90 Å². The van der Waals surface area contributed by atoms with Crippen LogP contribution in [0.2, 0.25) is 0 Å². The molecule has 1 amide bonds. The average Bonchev–Trinajstić information content (AvgIpc) is 3.58. The first-order valence-electron chi connectivity index (χ1n) is 10.1. The second-order valence-electron chi connectivity index (χ2n) is 8.01. The Labute approximate surface area is 182 Å². The Morgan fingerprint density at radius 3 is 2.29 bits per heavy atom. The van der Waals surface area contributed by atoms with Gasteiger partial charge in [-0.05, 0) is 60.2 Å². The molecule has 1 aliphatic carbocycles. The lowest BCUT2D eigenvalue weighted by Crippen LogP contribution is -2.16. The Bertz CT molecular complexity index is 1230. The Kier molecular flexibility index (Phi) is 5.56. The molecule has 0 heterocycles. The highest BCUT2D eigenvalue weighted by atomic mass is 32.2. The minimum Gasteiger partial charge on any atom is -0.378 e. The fourth-order valence-corrected chi connectivity index (χ4v) is 4.41. The lowest BCUT2D eigenvalue weighted by Gasteiger charge is -2.17.